The first-order valence-electron chi connectivity index (χ1n) is 7.03. The van der Waals surface area contributed by atoms with Gasteiger partial charge in [-0.2, -0.15) is 0 Å². The molecule has 1 unspecified atom stereocenters. The van der Waals surface area contributed by atoms with Crippen molar-refractivity contribution in [3.05, 3.63) is 17.7 Å². The molecule has 0 radical (unpaired) electrons. The van der Waals surface area contributed by atoms with E-state index in [2.05, 4.69) is 38.4 Å². The molecule has 0 saturated heterocycles. The van der Waals surface area contributed by atoms with Gasteiger partial charge in [0.25, 0.3) is 0 Å². The van der Waals surface area contributed by atoms with Gasteiger partial charge in [-0.15, -0.1) is 11.8 Å². The monoisotopic (exact) mass is 297 g/mol. The summed E-state index contributed by atoms with van der Waals surface area (Å²) in [6, 6.07) is 4.12. The van der Waals surface area contributed by atoms with Crippen LogP contribution in [0.5, 0.6) is 11.5 Å². The van der Waals surface area contributed by atoms with Crippen LogP contribution < -0.4 is 14.8 Å². The Bertz CT molecular complexity index is 421. The summed E-state index contributed by atoms with van der Waals surface area (Å²) < 4.78 is 10.7. The molecule has 1 aromatic carbocycles. The maximum absolute atomic E-state index is 5.38. The molecule has 114 valence electrons. The quantitative estimate of drug-likeness (QED) is 0.739. The third kappa shape index (κ3) is 4.60. The van der Waals surface area contributed by atoms with Gasteiger partial charge in [-0.25, -0.2) is 0 Å². The Hall–Kier alpha value is -0.870. The number of nitrogens with one attached hydrogen (secondary N) is 1. The Kier molecular flexibility index (Phi) is 7.24. The second-order valence-electron chi connectivity index (χ2n) is 5.37. The van der Waals surface area contributed by atoms with E-state index >= 15 is 0 Å². The first kappa shape index (κ1) is 17.2. The normalized spacial score (nSPS) is 12.6. The summed E-state index contributed by atoms with van der Waals surface area (Å²) in [5, 5.41) is 3.54. The minimum absolute atomic E-state index is 0.674. The van der Waals surface area contributed by atoms with Crippen molar-refractivity contribution in [2.75, 3.05) is 27.0 Å². The van der Waals surface area contributed by atoms with Crippen LogP contribution in [0.4, 0.5) is 0 Å². The van der Waals surface area contributed by atoms with Crippen molar-refractivity contribution in [3.63, 3.8) is 0 Å². The SMILES string of the molecule is COc1cc(CNCC(C)C(C)C)c(SC)cc1OC. The molecule has 0 heterocycles. The van der Waals surface area contributed by atoms with Crippen molar-refractivity contribution in [3.8, 4) is 11.5 Å². The van der Waals surface area contributed by atoms with E-state index in [0.29, 0.717) is 11.8 Å². The van der Waals surface area contributed by atoms with Crippen LogP contribution in [0.2, 0.25) is 0 Å². The highest BCUT2D eigenvalue weighted by molar-refractivity contribution is 7.98. The van der Waals surface area contributed by atoms with Gasteiger partial charge in [-0.1, -0.05) is 20.8 Å². The van der Waals surface area contributed by atoms with Crippen LogP contribution in [-0.4, -0.2) is 27.0 Å². The second kappa shape index (κ2) is 8.42. The van der Waals surface area contributed by atoms with Crippen molar-refractivity contribution in [1.82, 2.24) is 5.32 Å². The summed E-state index contributed by atoms with van der Waals surface area (Å²) in [5.41, 5.74) is 1.26. The second-order valence-corrected chi connectivity index (χ2v) is 6.22. The fourth-order valence-electron chi connectivity index (χ4n) is 1.90. The molecule has 20 heavy (non-hydrogen) atoms. The van der Waals surface area contributed by atoms with Crippen LogP contribution in [0.1, 0.15) is 26.3 Å². The lowest BCUT2D eigenvalue weighted by Crippen LogP contribution is -2.24. The molecule has 1 N–H and O–H groups in total. The smallest absolute Gasteiger partial charge is 0.161 e. The zero-order chi connectivity index (χ0) is 15.1. The molecule has 0 aromatic heterocycles. The zero-order valence-electron chi connectivity index (χ0n) is 13.4. The third-order valence-corrected chi connectivity index (χ3v) is 4.53. The summed E-state index contributed by atoms with van der Waals surface area (Å²) in [5.74, 6) is 2.95. The third-order valence-electron chi connectivity index (χ3n) is 3.71. The molecule has 0 bridgehead atoms. The molecule has 3 nitrogen and oxygen atoms in total. The van der Waals surface area contributed by atoms with E-state index in [0.717, 1.165) is 24.6 Å². The van der Waals surface area contributed by atoms with Gasteiger partial charge in [0.15, 0.2) is 11.5 Å². The number of hydrogen-bond donors (Lipinski definition) is 1. The lowest BCUT2D eigenvalue weighted by atomic mass is 9.98. The number of hydrogen-bond acceptors (Lipinski definition) is 4. The fraction of sp³-hybridized carbons (Fsp3) is 0.625. The lowest BCUT2D eigenvalue weighted by molar-refractivity contribution is 0.352. The van der Waals surface area contributed by atoms with Crippen molar-refractivity contribution < 1.29 is 9.47 Å². The van der Waals surface area contributed by atoms with E-state index in [1.54, 1.807) is 26.0 Å². The standard InChI is InChI=1S/C16H27NO2S/c1-11(2)12(3)9-17-10-13-7-14(18-4)15(19-5)8-16(13)20-6/h7-8,11-12,17H,9-10H2,1-6H3. The lowest BCUT2D eigenvalue weighted by Gasteiger charge is -2.18. The predicted octanol–water partition coefficient (Wildman–Crippen LogP) is 3.81. The Morgan fingerprint density at radius 2 is 1.70 bits per heavy atom. The van der Waals surface area contributed by atoms with Crippen LogP contribution >= 0.6 is 11.8 Å². The first-order chi connectivity index (χ1) is 9.53. The van der Waals surface area contributed by atoms with Crippen molar-refractivity contribution >= 4 is 11.8 Å². The van der Waals surface area contributed by atoms with Crippen LogP contribution in [0.3, 0.4) is 0 Å². The highest BCUT2D eigenvalue weighted by Crippen LogP contribution is 2.34. The molecular weight excluding hydrogens is 270 g/mol. The van der Waals surface area contributed by atoms with Gasteiger partial charge < -0.3 is 14.8 Å². The van der Waals surface area contributed by atoms with Crippen molar-refractivity contribution in [2.24, 2.45) is 11.8 Å². The number of ether oxygens (including phenoxy) is 2. The fourth-order valence-corrected chi connectivity index (χ4v) is 2.52. The summed E-state index contributed by atoms with van der Waals surface area (Å²) in [7, 11) is 3.35. The van der Waals surface area contributed by atoms with Gasteiger partial charge in [0.05, 0.1) is 14.2 Å². The molecule has 0 amide bonds. The zero-order valence-corrected chi connectivity index (χ0v) is 14.3. The highest BCUT2D eigenvalue weighted by Gasteiger charge is 2.11. The van der Waals surface area contributed by atoms with Gasteiger partial charge >= 0.3 is 0 Å². The van der Waals surface area contributed by atoms with E-state index in [1.165, 1.54) is 10.5 Å². The molecule has 0 saturated carbocycles. The number of thioether (sulfide) groups is 1. The van der Waals surface area contributed by atoms with Crippen LogP contribution in [-0.2, 0) is 6.54 Å². The van der Waals surface area contributed by atoms with Gasteiger partial charge in [0, 0.05) is 11.4 Å². The predicted molar refractivity (Wildman–Crippen MR) is 87.0 cm³/mol. The molecule has 0 aliphatic rings. The van der Waals surface area contributed by atoms with E-state index in [1.807, 2.05) is 6.07 Å². The highest BCUT2D eigenvalue weighted by atomic mass is 32.2. The Labute approximate surface area is 127 Å². The maximum Gasteiger partial charge on any atom is 0.161 e. The average Bonchev–Trinajstić information content (AvgIpc) is 2.46. The maximum atomic E-state index is 5.38. The van der Waals surface area contributed by atoms with Crippen molar-refractivity contribution in [1.29, 1.82) is 0 Å². The summed E-state index contributed by atoms with van der Waals surface area (Å²) in [4.78, 5) is 1.23. The van der Waals surface area contributed by atoms with Gasteiger partial charge in [0.2, 0.25) is 0 Å². The van der Waals surface area contributed by atoms with Crippen LogP contribution in [0, 0.1) is 11.8 Å². The van der Waals surface area contributed by atoms with E-state index in [9.17, 15) is 0 Å². The Morgan fingerprint density at radius 3 is 2.20 bits per heavy atom. The van der Waals surface area contributed by atoms with Crippen molar-refractivity contribution in [2.45, 2.75) is 32.2 Å². The van der Waals surface area contributed by atoms with Crippen LogP contribution in [0.25, 0.3) is 0 Å². The first-order valence-corrected chi connectivity index (χ1v) is 8.25. The van der Waals surface area contributed by atoms with Gasteiger partial charge in [0.1, 0.15) is 0 Å². The molecule has 1 aromatic rings. The topological polar surface area (TPSA) is 30.5 Å². The molecule has 0 aliphatic carbocycles. The number of benzene rings is 1. The molecular formula is C16H27NO2S. The molecule has 1 rings (SSSR count). The molecule has 0 spiro atoms. The van der Waals surface area contributed by atoms with E-state index in [4.69, 9.17) is 9.47 Å². The number of rotatable bonds is 8. The van der Waals surface area contributed by atoms with E-state index in [-0.39, 0.29) is 0 Å². The van der Waals surface area contributed by atoms with Crippen LogP contribution in [0.15, 0.2) is 17.0 Å². The Balaban J connectivity index is 2.78. The largest absolute Gasteiger partial charge is 0.493 e. The summed E-state index contributed by atoms with van der Waals surface area (Å²) in [6.07, 6.45) is 2.08. The molecule has 4 heteroatoms. The summed E-state index contributed by atoms with van der Waals surface area (Å²) in [6.45, 7) is 8.68. The Morgan fingerprint density at radius 1 is 1.10 bits per heavy atom. The van der Waals surface area contributed by atoms with E-state index < -0.39 is 0 Å². The summed E-state index contributed by atoms with van der Waals surface area (Å²) >= 11 is 1.73. The average molecular weight is 297 g/mol. The number of methoxy groups -OCH3 is 2. The molecule has 0 fully saturated rings. The molecule has 1 atom stereocenters. The molecule has 0 aliphatic heterocycles. The van der Waals surface area contributed by atoms with Gasteiger partial charge in [-0.05, 0) is 42.3 Å². The van der Waals surface area contributed by atoms with Gasteiger partial charge in [-0.3, -0.25) is 0 Å². The minimum Gasteiger partial charge on any atom is -0.493 e. The minimum atomic E-state index is 0.674.